The second-order valence-electron chi connectivity index (χ2n) is 3.90. The summed E-state index contributed by atoms with van der Waals surface area (Å²) in [6.45, 7) is 2.94. The lowest BCUT2D eigenvalue weighted by molar-refractivity contribution is -0.163. The van der Waals surface area contributed by atoms with Crippen LogP contribution in [0.15, 0.2) is 0 Å². The average Bonchev–Trinajstić information content (AvgIpc) is 2.36. The zero-order chi connectivity index (χ0) is 13.4. The first kappa shape index (κ1) is 13.5. The lowest BCUT2D eigenvalue weighted by atomic mass is 9.93. The van der Waals surface area contributed by atoms with Crippen molar-refractivity contribution in [3.05, 3.63) is 17.0 Å². The maximum absolute atomic E-state index is 12.8. The number of hydrogen-bond acceptors (Lipinski definition) is 2. The first-order valence-corrected chi connectivity index (χ1v) is 4.93. The highest BCUT2D eigenvalue weighted by Crippen LogP contribution is 2.39. The molecule has 0 unspecified atom stereocenters. The van der Waals surface area contributed by atoms with Gasteiger partial charge >= 0.3 is 12.1 Å². The molecule has 0 aliphatic rings. The molecule has 1 aromatic rings. The van der Waals surface area contributed by atoms with Crippen LogP contribution in [0, 0.1) is 13.8 Å². The van der Waals surface area contributed by atoms with Crippen molar-refractivity contribution >= 4 is 5.97 Å². The van der Waals surface area contributed by atoms with Crippen molar-refractivity contribution < 1.29 is 23.1 Å². The third kappa shape index (κ3) is 2.78. The Labute approximate surface area is 96.0 Å². The van der Waals surface area contributed by atoms with Gasteiger partial charge in [0.15, 0.2) is 0 Å². The lowest BCUT2D eigenvalue weighted by Gasteiger charge is -2.19. The molecule has 1 heterocycles. The molecule has 7 heteroatoms. The predicted octanol–water partition coefficient (Wildman–Crippen LogP) is 2.16. The van der Waals surface area contributed by atoms with Gasteiger partial charge in [-0.3, -0.25) is 9.48 Å². The van der Waals surface area contributed by atoms with Crippen LogP contribution in [-0.2, 0) is 11.8 Å². The van der Waals surface area contributed by atoms with Gasteiger partial charge in [-0.1, -0.05) is 0 Å². The fraction of sp³-hybridized carbons (Fsp3) is 0.600. The molecule has 17 heavy (non-hydrogen) atoms. The molecule has 0 saturated carbocycles. The zero-order valence-electron chi connectivity index (χ0n) is 9.67. The molecule has 1 N–H and O–H groups in total. The Hall–Kier alpha value is -1.53. The first-order chi connectivity index (χ1) is 7.64. The predicted molar refractivity (Wildman–Crippen MR) is 53.7 cm³/mol. The fourth-order valence-corrected chi connectivity index (χ4v) is 1.85. The van der Waals surface area contributed by atoms with Crippen LogP contribution in [0.4, 0.5) is 13.2 Å². The average molecular weight is 250 g/mol. The molecule has 0 aromatic carbocycles. The zero-order valence-corrected chi connectivity index (χ0v) is 9.67. The molecule has 1 atom stereocenters. The van der Waals surface area contributed by atoms with Gasteiger partial charge in [0.05, 0.1) is 18.0 Å². The number of rotatable bonds is 3. The summed E-state index contributed by atoms with van der Waals surface area (Å²) >= 11 is 0. The number of aliphatic carboxylic acids is 1. The van der Waals surface area contributed by atoms with Crippen LogP contribution < -0.4 is 0 Å². The van der Waals surface area contributed by atoms with Gasteiger partial charge < -0.3 is 5.11 Å². The van der Waals surface area contributed by atoms with Crippen LogP contribution in [0.2, 0.25) is 0 Å². The summed E-state index contributed by atoms with van der Waals surface area (Å²) in [5.74, 6) is -3.48. The van der Waals surface area contributed by atoms with Crippen molar-refractivity contribution in [1.29, 1.82) is 0 Å². The van der Waals surface area contributed by atoms with E-state index < -0.39 is 24.5 Å². The molecule has 1 rings (SSSR count). The number of alkyl halides is 3. The monoisotopic (exact) mass is 250 g/mol. The normalized spacial score (nSPS) is 13.8. The third-order valence-electron chi connectivity index (χ3n) is 2.69. The van der Waals surface area contributed by atoms with Crippen LogP contribution >= 0.6 is 0 Å². The van der Waals surface area contributed by atoms with E-state index in [1.807, 2.05) is 0 Å². The van der Waals surface area contributed by atoms with Crippen LogP contribution in [0.5, 0.6) is 0 Å². The number of carbonyl (C=O) groups is 1. The molecule has 0 spiro atoms. The highest BCUT2D eigenvalue weighted by Gasteiger charge is 2.44. The van der Waals surface area contributed by atoms with E-state index in [1.54, 1.807) is 0 Å². The molecule has 0 radical (unpaired) electrons. The number of nitrogens with zero attached hydrogens (tertiary/aromatic N) is 2. The van der Waals surface area contributed by atoms with Crippen molar-refractivity contribution in [3.63, 3.8) is 0 Å². The number of halogens is 3. The molecule has 0 aliphatic heterocycles. The Kier molecular flexibility index (Phi) is 3.49. The number of aromatic nitrogens is 2. The van der Waals surface area contributed by atoms with E-state index in [0.717, 1.165) is 0 Å². The van der Waals surface area contributed by atoms with E-state index in [1.165, 1.54) is 25.6 Å². The van der Waals surface area contributed by atoms with Gasteiger partial charge in [0.25, 0.3) is 0 Å². The molecule has 0 bridgehead atoms. The smallest absolute Gasteiger partial charge is 0.396 e. The molecule has 4 nitrogen and oxygen atoms in total. The van der Waals surface area contributed by atoms with Crippen molar-refractivity contribution in [2.45, 2.75) is 32.4 Å². The van der Waals surface area contributed by atoms with Gasteiger partial charge in [-0.25, -0.2) is 0 Å². The summed E-state index contributed by atoms with van der Waals surface area (Å²) < 4.78 is 39.8. The maximum Gasteiger partial charge on any atom is 0.396 e. The van der Waals surface area contributed by atoms with E-state index in [-0.39, 0.29) is 11.3 Å². The minimum atomic E-state index is -4.59. The van der Waals surface area contributed by atoms with Gasteiger partial charge in [0.2, 0.25) is 0 Å². The van der Waals surface area contributed by atoms with Crippen molar-refractivity contribution in [1.82, 2.24) is 9.78 Å². The standard InChI is InChI=1S/C10H13F3N2O2/c1-5-9(6(2)15(3)14-5)7(4-8(16)17)10(11,12)13/h7H,4H2,1-3H3,(H,16,17)/t7-/m0/s1. The van der Waals surface area contributed by atoms with Gasteiger partial charge in [0, 0.05) is 18.3 Å². The molecule has 96 valence electrons. The van der Waals surface area contributed by atoms with Crippen molar-refractivity contribution in [2.24, 2.45) is 7.05 Å². The summed E-state index contributed by atoms with van der Waals surface area (Å²) in [5.41, 5.74) is 0.516. The molecule has 0 aliphatic carbocycles. The second-order valence-corrected chi connectivity index (χ2v) is 3.90. The molecule has 0 amide bonds. The highest BCUT2D eigenvalue weighted by atomic mass is 19.4. The Morgan fingerprint density at radius 3 is 2.29 bits per heavy atom. The molecular formula is C10H13F3N2O2. The van der Waals surface area contributed by atoms with Crippen LogP contribution in [0.3, 0.4) is 0 Å². The minimum Gasteiger partial charge on any atom is -0.481 e. The summed E-state index contributed by atoms with van der Waals surface area (Å²) in [6, 6.07) is 0. The van der Waals surface area contributed by atoms with E-state index >= 15 is 0 Å². The third-order valence-corrected chi connectivity index (χ3v) is 2.69. The molecular weight excluding hydrogens is 237 g/mol. The molecule has 0 fully saturated rings. The molecule has 1 aromatic heterocycles. The maximum atomic E-state index is 12.8. The lowest BCUT2D eigenvalue weighted by Crippen LogP contribution is -2.24. The molecule has 0 saturated heterocycles. The van der Waals surface area contributed by atoms with E-state index in [4.69, 9.17) is 5.11 Å². The first-order valence-electron chi connectivity index (χ1n) is 4.93. The summed E-state index contributed by atoms with van der Waals surface area (Å²) in [7, 11) is 1.53. The van der Waals surface area contributed by atoms with Crippen LogP contribution in [0.25, 0.3) is 0 Å². The number of aryl methyl sites for hydroxylation is 2. The van der Waals surface area contributed by atoms with Gasteiger partial charge in [-0.2, -0.15) is 18.3 Å². The quantitative estimate of drug-likeness (QED) is 0.894. The Bertz CT molecular complexity index is 437. The number of carboxylic acid groups (broad SMARTS) is 1. The highest BCUT2D eigenvalue weighted by molar-refractivity contribution is 5.68. The van der Waals surface area contributed by atoms with Crippen LogP contribution in [-0.4, -0.2) is 27.0 Å². The largest absolute Gasteiger partial charge is 0.481 e. The Balaban J connectivity index is 3.27. The van der Waals surface area contributed by atoms with Gasteiger partial charge in [-0.05, 0) is 13.8 Å². The second kappa shape index (κ2) is 4.38. The van der Waals surface area contributed by atoms with Gasteiger partial charge in [-0.15, -0.1) is 0 Å². The fourth-order valence-electron chi connectivity index (χ4n) is 1.85. The number of carboxylic acids is 1. The van der Waals surface area contributed by atoms with Crippen molar-refractivity contribution in [2.75, 3.05) is 0 Å². The Morgan fingerprint density at radius 2 is 2.00 bits per heavy atom. The SMILES string of the molecule is Cc1nn(C)c(C)c1[C@H](CC(=O)O)C(F)(F)F. The minimum absolute atomic E-state index is 0.0394. The van der Waals surface area contributed by atoms with E-state index in [9.17, 15) is 18.0 Å². The topological polar surface area (TPSA) is 55.1 Å². The summed E-state index contributed by atoms with van der Waals surface area (Å²) in [4.78, 5) is 10.5. The summed E-state index contributed by atoms with van der Waals surface area (Å²) in [5, 5.41) is 12.4. The van der Waals surface area contributed by atoms with Gasteiger partial charge in [0.1, 0.15) is 0 Å². The van der Waals surface area contributed by atoms with Crippen molar-refractivity contribution in [3.8, 4) is 0 Å². The van der Waals surface area contributed by atoms with E-state index in [0.29, 0.717) is 5.69 Å². The van der Waals surface area contributed by atoms with E-state index in [2.05, 4.69) is 5.10 Å². The van der Waals surface area contributed by atoms with Crippen LogP contribution in [0.1, 0.15) is 29.3 Å². The Morgan fingerprint density at radius 1 is 1.47 bits per heavy atom. The number of hydrogen-bond donors (Lipinski definition) is 1. The summed E-state index contributed by atoms with van der Waals surface area (Å²) in [6.07, 6.45) is -5.56.